The molecule has 4 rings (SSSR count). The molecular weight excluding hydrogens is 417 g/mol. The van der Waals surface area contributed by atoms with Gasteiger partial charge in [0.25, 0.3) is 0 Å². The number of aromatic nitrogens is 1. The van der Waals surface area contributed by atoms with Crippen LogP contribution >= 0.6 is 0 Å². The van der Waals surface area contributed by atoms with Gasteiger partial charge in [-0.05, 0) is 0 Å². The van der Waals surface area contributed by atoms with Gasteiger partial charge in [-0.2, -0.15) is 0 Å². The van der Waals surface area contributed by atoms with Crippen LogP contribution in [0.2, 0.25) is 0 Å². The predicted molar refractivity (Wildman–Crippen MR) is 99.2 cm³/mol. The zero-order chi connectivity index (χ0) is 19.1. The molecule has 0 bridgehead atoms. The normalized spacial score (nSPS) is 28.5. The minimum atomic E-state index is -1.42. The molecule has 142 valence electrons. The number of rotatable bonds is 3. The van der Waals surface area contributed by atoms with E-state index in [4.69, 9.17) is 4.74 Å². The van der Waals surface area contributed by atoms with Gasteiger partial charge in [-0.15, -0.1) is 0 Å². The van der Waals surface area contributed by atoms with Crippen molar-refractivity contribution in [3.8, 4) is 5.69 Å². The van der Waals surface area contributed by atoms with Gasteiger partial charge in [0.05, 0.1) is 0 Å². The molecule has 0 spiro atoms. The first-order valence-electron chi connectivity index (χ1n) is 8.53. The Balaban J connectivity index is 1.65. The van der Waals surface area contributed by atoms with Gasteiger partial charge in [0.2, 0.25) is 0 Å². The van der Waals surface area contributed by atoms with E-state index in [9.17, 15) is 25.2 Å². The molecule has 8 heteroatoms. The summed E-state index contributed by atoms with van der Waals surface area (Å²) in [6.45, 7) is -0.470. The van der Waals surface area contributed by atoms with Crippen LogP contribution in [0.15, 0.2) is 53.3 Å². The van der Waals surface area contributed by atoms with Crippen molar-refractivity contribution in [2.75, 3.05) is 6.61 Å². The summed E-state index contributed by atoms with van der Waals surface area (Å²) in [4.78, 5) is 12.6. The summed E-state index contributed by atoms with van der Waals surface area (Å²) in [5.74, 6) is 0. The molecule has 1 fully saturated rings. The fraction of sp³-hybridized carbons (Fsp3) is 0.316. The van der Waals surface area contributed by atoms with Gasteiger partial charge in [-0.3, -0.25) is 0 Å². The number of nitrogens with zero attached hydrogens (tertiary/aromatic N) is 1. The number of aliphatic hydroxyl groups is 4. The van der Waals surface area contributed by atoms with E-state index in [1.165, 1.54) is 0 Å². The predicted octanol–water partition coefficient (Wildman–Crippen LogP) is -0.437. The maximum atomic E-state index is 12.6. The Morgan fingerprint density at radius 2 is 1.67 bits per heavy atom. The van der Waals surface area contributed by atoms with Crippen molar-refractivity contribution in [1.29, 1.82) is 0 Å². The van der Waals surface area contributed by atoms with Crippen LogP contribution in [0.3, 0.4) is 0 Å². The molecule has 2 aromatic carbocycles. The van der Waals surface area contributed by atoms with E-state index < -0.39 is 37.1 Å². The summed E-state index contributed by atoms with van der Waals surface area (Å²) >= 11 is -0.141. The Kier molecular flexibility index (Phi) is 5.05. The zero-order valence-corrected chi connectivity index (χ0v) is 15.9. The van der Waals surface area contributed by atoms with Gasteiger partial charge in [-0.1, -0.05) is 0 Å². The average Bonchev–Trinajstić information content (AvgIpc) is 3.04. The standard InChI is InChI=1S/C19H19NO6Se/c21-9-13-15(22)16(23)17(24)18(26-13)10-5-7-11(8-6-10)20-19(25)12-3-1-2-4-14(12)27-20/h1-8,13,15-18,21-24H,9H2/t13-,15-,16+,17-,18+/m1/s1. The van der Waals surface area contributed by atoms with Gasteiger partial charge in [0.15, 0.2) is 0 Å². The third-order valence-corrected chi connectivity index (χ3v) is 7.17. The van der Waals surface area contributed by atoms with Crippen LogP contribution in [-0.2, 0) is 4.74 Å². The van der Waals surface area contributed by atoms with Gasteiger partial charge in [0.1, 0.15) is 0 Å². The van der Waals surface area contributed by atoms with E-state index in [2.05, 4.69) is 0 Å². The molecule has 27 heavy (non-hydrogen) atoms. The molecule has 4 N–H and O–H groups in total. The van der Waals surface area contributed by atoms with Crippen molar-refractivity contribution in [3.63, 3.8) is 0 Å². The Morgan fingerprint density at radius 3 is 2.33 bits per heavy atom. The van der Waals surface area contributed by atoms with Crippen LogP contribution in [0, 0.1) is 0 Å². The molecule has 1 saturated heterocycles. The van der Waals surface area contributed by atoms with Crippen molar-refractivity contribution in [2.45, 2.75) is 30.5 Å². The third kappa shape index (κ3) is 3.19. The number of fused-ring (bicyclic) bond motifs is 1. The minimum absolute atomic E-state index is 0.0359. The summed E-state index contributed by atoms with van der Waals surface area (Å²) in [6, 6.07) is 14.5. The molecule has 0 radical (unpaired) electrons. The van der Waals surface area contributed by atoms with Crippen LogP contribution in [0.1, 0.15) is 11.7 Å². The Labute approximate surface area is 160 Å². The second-order valence-electron chi connectivity index (χ2n) is 6.53. The fourth-order valence-corrected chi connectivity index (χ4v) is 5.41. The summed E-state index contributed by atoms with van der Waals surface area (Å²) in [5.41, 5.74) is 1.29. The number of benzene rings is 2. The summed E-state index contributed by atoms with van der Waals surface area (Å²) in [6.07, 6.45) is -5.96. The second kappa shape index (κ2) is 7.33. The van der Waals surface area contributed by atoms with Crippen molar-refractivity contribution in [3.05, 3.63) is 64.4 Å². The second-order valence-corrected chi connectivity index (χ2v) is 8.60. The van der Waals surface area contributed by atoms with E-state index in [-0.39, 0.29) is 20.3 Å². The van der Waals surface area contributed by atoms with E-state index in [0.29, 0.717) is 5.56 Å². The van der Waals surface area contributed by atoms with Crippen LogP contribution in [-0.4, -0.2) is 69.7 Å². The SMILES string of the molecule is O=c1c2ccccc2[se]n1-c1ccc([C@@H]2O[C@H](CO)[C@@H](O)[C@H](O)[C@H]2O)cc1. The van der Waals surface area contributed by atoms with Crippen LogP contribution in [0.5, 0.6) is 0 Å². The van der Waals surface area contributed by atoms with Crippen molar-refractivity contribution in [1.82, 2.24) is 3.56 Å². The van der Waals surface area contributed by atoms with E-state index in [0.717, 1.165) is 15.3 Å². The molecule has 0 saturated carbocycles. The van der Waals surface area contributed by atoms with Gasteiger partial charge >= 0.3 is 160 Å². The molecule has 0 aliphatic carbocycles. The van der Waals surface area contributed by atoms with Crippen LogP contribution < -0.4 is 5.56 Å². The quantitative estimate of drug-likeness (QED) is 0.415. The zero-order valence-electron chi connectivity index (χ0n) is 14.2. The van der Waals surface area contributed by atoms with Crippen molar-refractivity contribution >= 4 is 24.4 Å². The van der Waals surface area contributed by atoms with E-state index >= 15 is 0 Å². The monoisotopic (exact) mass is 437 g/mol. The maximum absolute atomic E-state index is 12.6. The Morgan fingerprint density at radius 1 is 0.963 bits per heavy atom. The number of hydrogen-bond acceptors (Lipinski definition) is 6. The molecular formula is C19H19NO6Se. The van der Waals surface area contributed by atoms with Gasteiger partial charge in [0, 0.05) is 0 Å². The van der Waals surface area contributed by atoms with E-state index in [1.54, 1.807) is 27.8 Å². The molecule has 5 atom stereocenters. The fourth-order valence-electron chi connectivity index (χ4n) is 3.32. The number of aliphatic hydroxyl groups excluding tert-OH is 4. The van der Waals surface area contributed by atoms with Crippen molar-refractivity contribution in [2.24, 2.45) is 0 Å². The molecule has 2 heterocycles. The molecule has 1 aliphatic heterocycles. The first-order valence-corrected chi connectivity index (χ1v) is 10.2. The number of hydrogen-bond donors (Lipinski definition) is 4. The third-order valence-electron chi connectivity index (χ3n) is 4.84. The molecule has 0 unspecified atom stereocenters. The summed E-state index contributed by atoms with van der Waals surface area (Å²) in [7, 11) is 0. The summed E-state index contributed by atoms with van der Waals surface area (Å²) < 4.78 is 8.33. The topological polar surface area (TPSA) is 112 Å². The van der Waals surface area contributed by atoms with Crippen LogP contribution in [0.4, 0.5) is 0 Å². The molecule has 3 aromatic rings. The van der Waals surface area contributed by atoms with Gasteiger partial charge < -0.3 is 0 Å². The molecule has 7 nitrogen and oxygen atoms in total. The van der Waals surface area contributed by atoms with Crippen molar-refractivity contribution < 1.29 is 25.2 Å². The number of ether oxygens (including phenoxy) is 1. The molecule has 1 aliphatic rings. The van der Waals surface area contributed by atoms with Gasteiger partial charge in [-0.25, -0.2) is 0 Å². The Hall–Kier alpha value is -1.77. The van der Waals surface area contributed by atoms with E-state index in [1.807, 2.05) is 24.3 Å². The first kappa shape index (κ1) is 18.6. The van der Waals surface area contributed by atoms with Crippen LogP contribution in [0.25, 0.3) is 15.3 Å². The average molecular weight is 436 g/mol. The molecule has 1 aromatic heterocycles. The molecule has 0 amide bonds. The Bertz CT molecular complexity index is 995. The first-order chi connectivity index (χ1) is 13.0. The summed E-state index contributed by atoms with van der Waals surface area (Å²) in [5, 5.41) is 40.1.